The van der Waals surface area contributed by atoms with Crippen LogP contribution < -0.4 is 0 Å². The average Bonchev–Trinajstić information content (AvgIpc) is 2.87. The molecule has 0 aliphatic carbocycles. The number of thioether (sulfide) groups is 1. The molecule has 2 aromatic carbocycles. The van der Waals surface area contributed by atoms with Crippen LogP contribution in [0.3, 0.4) is 0 Å². The molecule has 3 aromatic rings. The standard InChI is InChI=1S/C17H16BrN3S/c1-21-16(11-13-6-3-2-4-7-13)19-20-17(21)22-12-14-8-5-9-15(18)10-14/h2-10H,11-12H2,1H3. The van der Waals surface area contributed by atoms with E-state index in [0.717, 1.165) is 27.6 Å². The maximum Gasteiger partial charge on any atom is 0.191 e. The van der Waals surface area contributed by atoms with Crippen molar-refractivity contribution in [2.75, 3.05) is 0 Å². The molecule has 0 saturated heterocycles. The Bertz CT molecular complexity index is 756. The third-order valence-corrected chi connectivity index (χ3v) is 4.97. The minimum absolute atomic E-state index is 0.807. The van der Waals surface area contributed by atoms with E-state index < -0.39 is 0 Å². The summed E-state index contributed by atoms with van der Waals surface area (Å²) in [6.45, 7) is 0. The molecule has 1 heterocycles. The number of rotatable bonds is 5. The molecule has 0 aliphatic heterocycles. The van der Waals surface area contributed by atoms with E-state index in [4.69, 9.17) is 0 Å². The molecule has 0 bridgehead atoms. The summed E-state index contributed by atoms with van der Waals surface area (Å²) in [7, 11) is 2.03. The van der Waals surface area contributed by atoms with E-state index in [2.05, 4.69) is 73.2 Å². The first kappa shape index (κ1) is 15.3. The lowest BCUT2D eigenvalue weighted by molar-refractivity contribution is 0.749. The van der Waals surface area contributed by atoms with Crippen molar-refractivity contribution in [2.24, 2.45) is 7.05 Å². The number of hydrogen-bond acceptors (Lipinski definition) is 3. The van der Waals surface area contributed by atoms with Crippen LogP contribution in [0.1, 0.15) is 17.0 Å². The van der Waals surface area contributed by atoms with E-state index >= 15 is 0 Å². The van der Waals surface area contributed by atoms with Crippen LogP contribution in [0.2, 0.25) is 0 Å². The van der Waals surface area contributed by atoms with E-state index in [1.165, 1.54) is 11.1 Å². The van der Waals surface area contributed by atoms with E-state index in [-0.39, 0.29) is 0 Å². The fraction of sp³-hybridized carbons (Fsp3) is 0.176. The summed E-state index contributed by atoms with van der Waals surface area (Å²) in [5, 5.41) is 9.59. The summed E-state index contributed by atoms with van der Waals surface area (Å²) >= 11 is 5.21. The lowest BCUT2D eigenvalue weighted by Gasteiger charge is -2.04. The Balaban J connectivity index is 1.68. The van der Waals surface area contributed by atoms with Crippen molar-refractivity contribution in [3.63, 3.8) is 0 Å². The van der Waals surface area contributed by atoms with Crippen LogP contribution in [0, 0.1) is 0 Å². The van der Waals surface area contributed by atoms with Crippen molar-refractivity contribution in [3.8, 4) is 0 Å². The Morgan fingerprint density at radius 3 is 2.55 bits per heavy atom. The van der Waals surface area contributed by atoms with E-state index in [9.17, 15) is 0 Å². The number of halogens is 1. The lowest BCUT2D eigenvalue weighted by Crippen LogP contribution is -2.00. The van der Waals surface area contributed by atoms with Gasteiger partial charge in [0.05, 0.1) is 0 Å². The first-order valence-corrected chi connectivity index (χ1v) is 8.79. The van der Waals surface area contributed by atoms with Gasteiger partial charge in [0.1, 0.15) is 5.82 Å². The quantitative estimate of drug-likeness (QED) is 0.618. The summed E-state index contributed by atoms with van der Waals surface area (Å²) in [6, 6.07) is 18.7. The Kier molecular flexibility index (Phi) is 4.95. The summed E-state index contributed by atoms with van der Waals surface area (Å²) in [5.74, 6) is 1.87. The molecule has 22 heavy (non-hydrogen) atoms. The molecule has 0 unspecified atom stereocenters. The first-order valence-electron chi connectivity index (χ1n) is 7.02. The van der Waals surface area contributed by atoms with Crippen LogP contribution in [-0.2, 0) is 19.2 Å². The molecule has 0 amide bonds. The monoisotopic (exact) mass is 373 g/mol. The van der Waals surface area contributed by atoms with Gasteiger partial charge < -0.3 is 4.57 Å². The molecule has 0 fully saturated rings. The van der Waals surface area contributed by atoms with Crippen LogP contribution in [0.25, 0.3) is 0 Å². The van der Waals surface area contributed by atoms with Crippen LogP contribution >= 0.6 is 27.7 Å². The molecule has 0 saturated carbocycles. The number of aromatic nitrogens is 3. The molecule has 0 N–H and O–H groups in total. The van der Waals surface area contributed by atoms with Gasteiger partial charge in [-0.25, -0.2) is 0 Å². The minimum atomic E-state index is 0.807. The van der Waals surface area contributed by atoms with Gasteiger partial charge in [0.15, 0.2) is 5.16 Å². The van der Waals surface area contributed by atoms with Crippen molar-refractivity contribution < 1.29 is 0 Å². The average molecular weight is 374 g/mol. The Morgan fingerprint density at radius 1 is 1.00 bits per heavy atom. The second-order valence-corrected chi connectivity index (χ2v) is 6.90. The highest BCUT2D eigenvalue weighted by Crippen LogP contribution is 2.23. The van der Waals surface area contributed by atoms with E-state index in [1.54, 1.807) is 11.8 Å². The van der Waals surface area contributed by atoms with Gasteiger partial charge in [-0.2, -0.15) is 0 Å². The molecule has 0 atom stereocenters. The predicted octanol–water partition coefficient (Wildman–Crippen LogP) is 4.46. The second-order valence-electron chi connectivity index (χ2n) is 5.04. The maximum absolute atomic E-state index is 4.32. The normalized spacial score (nSPS) is 10.8. The molecule has 3 rings (SSSR count). The number of benzene rings is 2. The fourth-order valence-electron chi connectivity index (χ4n) is 2.18. The molecule has 0 radical (unpaired) electrons. The molecule has 0 spiro atoms. The molecule has 0 aliphatic rings. The van der Waals surface area contributed by atoms with Crippen molar-refractivity contribution in [1.29, 1.82) is 0 Å². The Hall–Kier alpha value is -1.59. The van der Waals surface area contributed by atoms with Crippen molar-refractivity contribution in [2.45, 2.75) is 17.3 Å². The summed E-state index contributed by atoms with van der Waals surface area (Å²) < 4.78 is 3.18. The zero-order valence-electron chi connectivity index (χ0n) is 12.2. The third kappa shape index (κ3) is 3.78. The number of nitrogens with zero attached hydrogens (tertiary/aromatic N) is 3. The first-order chi connectivity index (χ1) is 10.7. The van der Waals surface area contributed by atoms with Crippen LogP contribution in [-0.4, -0.2) is 14.8 Å². The fourth-order valence-corrected chi connectivity index (χ4v) is 3.50. The van der Waals surface area contributed by atoms with Crippen molar-refractivity contribution in [1.82, 2.24) is 14.8 Å². The largest absolute Gasteiger partial charge is 0.309 e. The van der Waals surface area contributed by atoms with Crippen LogP contribution in [0.4, 0.5) is 0 Å². The molecule has 112 valence electrons. The van der Waals surface area contributed by atoms with Gasteiger partial charge in [0.2, 0.25) is 0 Å². The number of hydrogen-bond donors (Lipinski definition) is 0. The molecule has 3 nitrogen and oxygen atoms in total. The van der Waals surface area contributed by atoms with Gasteiger partial charge >= 0.3 is 0 Å². The summed E-state index contributed by atoms with van der Waals surface area (Å²) in [5.41, 5.74) is 2.52. The van der Waals surface area contributed by atoms with Crippen molar-refractivity contribution >= 4 is 27.7 Å². The summed E-state index contributed by atoms with van der Waals surface area (Å²) in [4.78, 5) is 0. The van der Waals surface area contributed by atoms with E-state index in [0.29, 0.717) is 0 Å². The van der Waals surface area contributed by atoms with Crippen LogP contribution in [0.15, 0.2) is 64.2 Å². The van der Waals surface area contributed by atoms with Crippen LogP contribution in [0.5, 0.6) is 0 Å². The third-order valence-electron chi connectivity index (χ3n) is 3.39. The smallest absolute Gasteiger partial charge is 0.191 e. The van der Waals surface area contributed by atoms with Gasteiger partial charge in [-0.05, 0) is 23.3 Å². The molecular formula is C17H16BrN3S. The molecule has 5 heteroatoms. The van der Waals surface area contributed by atoms with Gasteiger partial charge in [-0.15, -0.1) is 10.2 Å². The zero-order chi connectivity index (χ0) is 15.4. The van der Waals surface area contributed by atoms with Gasteiger partial charge in [-0.1, -0.05) is 70.2 Å². The Labute approximate surface area is 142 Å². The molecule has 1 aromatic heterocycles. The minimum Gasteiger partial charge on any atom is -0.309 e. The molecular weight excluding hydrogens is 358 g/mol. The summed E-state index contributed by atoms with van der Waals surface area (Å²) in [6.07, 6.45) is 0.807. The SMILES string of the molecule is Cn1c(Cc2ccccc2)nnc1SCc1cccc(Br)c1. The topological polar surface area (TPSA) is 30.7 Å². The van der Waals surface area contributed by atoms with Crippen molar-refractivity contribution in [3.05, 3.63) is 76.0 Å². The van der Waals surface area contributed by atoms with Gasteiger partial charge in [0.25, 0.3) is 0 Å². The van der Waals surface area contributed by atoms with Gasteiger partial charge in [0, 0.05) is 23.7 Å². The van der Waals surface area contributed by atoms with E-state index in [1.807, 2.05) is 19.2 Å². The highest BCUT2D eigenvalue weighted by molar-refractivity contribution is 9.10. The zero-order valence-corrected chi connectivity index (χ0v) is 14.6. The Morgan fingerprint density at radius 2 is 1.77 bits per heavy atom. The van der Waals surface area contributed by atoms with Gasteiger partial charge in [-0.3, -0.25) is 0 Å². The predicted molar refractivity (Wildman–Crippen MR) is 94.0 cm³/mol. The second kappa shape index (κ2) is 7.11. The highest BCUT2D eigenvalue weighted by atomic mass is 79.9. The highest BCUT2D eigenvalue weighted by Gasteiger charge is 2.10. The maximum atomic E-state index is 4.32. The lowest BCUT2D eigenvalue weighted by atomic mass is 10.1.